The fraction of sp³-hybridized carbons (Fsp3) is 0.960. The summed E-state index contributed by atoms with van der Waals surface area (Å²) in [5.74, 6) is 0.958. The van der Waals surface area contributed by atoms with Crippen LogP contribution in [-0.2, 0) is 14.3 Å². The molecule has 0 aromatic rings. The van der Waals surface area contributed by atoms with E-state index >= 15 is 0 Å². The van der Waals surface area contributed by atoms with Crippen molar-refractivity contribution >= 4 is 5.97 Å². The Morgan fingerprint density at radius 2 is 1.80 bits per heavy atom. The quantitative estimate of drug-likeness (QED) is 0.521. The number of ether oxygens (including phenoxy) is 2. The molecule has 3 heterocycles. The van der Waals surface area contributed by atoms with E-state index in [0.29, 0.717) is 5.92 Å². The standard InChI is InChI=1S/C25H40N2O3/c1-17-7-6-10-24(2)15-20-21(22-25(17,24)30-22)19(23(28)29-20)16-26-11-13-27(14-12-26)18-8-4-3-5-9-18/h17-22H,3-16H2,1-2H3/t17-,19?,20+,21+,22?,24+,25?/m0/s1. The Morgan fingerprint density at radius 3 is 2.57 bits per heavy atom. The molecule has 3 unspecified atom stereocenters. The van der Waals surface area contributed by atoms with Gasteiger partial charge in [-0.2, -0.15) is 0 Å². The van der Waals surface area contributed by atoms with Gasteiger partial charge < -0.3 is 9.47 Å². The first-order valence-electron chi connectivity index (χ1n) is 12.9. The average molecular weight is 417 g/mol. The number of rotatable bonds is 3. The molecule has 168 valence electrons. The predicted molar refractivity (Wildman–Crippen MR) is 115 cm³/mol. The zero-order chi connectivity index (χ0) is 20.5. The molecule has 3 saturated heterocycles. The SMILES string of the molecule is C[C@H]1CCC[C@]2(C)C[C@H]3OC(=O)C(CN4CCN(C5CCCCC5)CC4)[C@H]3C3OC312. The van der Waals surface area contributed by atoms with Crippen LogP contribution in [0.2, 0.25) is 0 Å². The van der Waals surface area contributed by atoms with Crippen molar-refractivity contribution in [2.45, 2.75) is 95.5 Å². The van der Waals surface area contributed by atoms with E-state index in [1.807, 2.05) is 0 Å². The number of carbonyl (C=O) groups excluding carboxylic acids is 1. The summed E-state index contributed by atoms with van der Waals surface area (Å²) in [7, 11) is 0. The highest BCUT2D eigenvalue weighted by Crippen LogP contribution is 2.70. The third-order valence-corrected chi connectivity index (χ3v) is 10.1. The lowest BCUT2D eigenvalue weighted by Gasteiger charge is -2.49. The number of epoxide rings is 1. The summed E-state index contributed by atoms with van der Waals surface area (Å²) < 4.78 is 12.6. The van der Waals surface area contributed by atoms with Gasteiger partial charge in [0.15, 0.2) is 0 Å². The number of nitrogens with zero attached hydrogens (tertiary/aromatic N) is 2. The molecule has 6 aliphatic rings. The molecule has 3 aliphatic heterocycles. The van der Waals surface area contributed by atoms with E-state index in [4.69, 9.17) is 9.47 Å². The van der Waals surface area contributed by atoms with Crippen LogP contribution in [0, 0.1) is 23.2 Å². The molecule has 6 rings (SSSR count). The summed E-state index contributed by atoms with van der Waals surface area (Å²) in [6.45, 7) is 10.2. The Balaban J connectivity index is 1.12. The van der Waals surface area contributed by atoms with Gasteiger partial charge in [-0.1, -0.05) is 39.5 Å². The topological polar surface area (TPSA) is 45.3 Å². The molecule has 0 N–H and O–H groups in total. The Morgan fingerprint density at radius 1 is 1.03 bits per heavy atom. The number of hydrogen-bond acceptors (Lipinski definition) is 5. The van der Waals surface area contributed by atoms with Crippen LogP contribution < -0.4 is 0 Å². The monoisotopic (exact) mass is 416 g/mol. The lowest BCUT2D eigenvalue weighted by molar-refractivity contribution is -0.146. The molecule has 3 saturated carbocycles. The second-order valence-corrected chi connectivity index (χ2v) is 11.7. The van der Waals surface area contributed by atoms with Crippen LogP contribution in [0.15, 0.2) is 0 Å². The van der Waals surface area contributed by atoms with Crippen LogP contribution in [-0.4, -0.2) is 72.3 Å². The highest BCUT2D eigenvalue weighted by molar-refractivity contribution is 5.76. The van der Waals surface area contributed by atoms with E-state index < -0.39 is 0 Å². The van der Waals surface area contributed by atoms with Crippen molar-refractivity contribution in [1.29, 1.82) is 0 Å². The molecule has 0 radical (unpaired) electrons. The molecule has 1 spiro atoms. The molecule has 0 aromatic carbocycles. The third-order valence-electron chi connectivity index (χ3n) is 10.1. The molecule has 0 amide bonds. The summed E-state index contributed by atoms with van der Waals surface area (Å²) in [6.07, 6.45) is 12.1. The first-order valence-corrected chi connectivity index (χ1v) is 12.9. The first kappa shape index (κ1) is 20.0. The minimum Gasteiger partial charge on any atom is -0.462 e. The molecule has 5 heteroatoms. The number of fused-ring (bicyclic) bond motifs is 2. The Kier molecular flexibility index (Phi) is 4.78. The largest absolute Gasteiger partial charge is 0.462 e. The van der Waals surface area contributed by atoms with Gasteiger partial charge in [0, 0.05) is 50.1 Å². The van der Waals surface area contributed by atoms with Gasteiger partial charge in [0.2, 0.25) is 0 Å². The van der Waals surface area contributed by atoms with Crippen molar-refractivity contribution in [3.05, 3.63) is 0 Å². The van der Waals surface area contributed by atoms with Crippen molar-refractivity contribution in [2.75, 3.05) is 32.7 Å². The number of hydrogen-bond donors (Lipinski definition) is 0. The molecular formula is C25H40N2O3. The maximum atomic E-state index is 13.0. The molecule has 7 atom stereocenters. The molecule has 6 fully saturated rings. The lowest BCUT2D eigenvalue weighted by Crippen LogP contribution is -2.55. The van der Waals surface area contributed by atoms with Crippen molar-refractivity contribution < 1.29 is 14.3 Å². The summed E-state index contributed by atoms with van der Waals surface area (Å²) in [6, 6.07) is 0.810. The van der Waals surface area contributed by atoms with Crippen LogP contribution in [0.4, 0.5) is 0 Å². The van der Waals surface area contributed by atoms with E-state index in [9.17, 15) is 4.79 Å². The Labute approximate surface area is 181 Å². The maximum absolute atomic E-state index is 13.0. The van der Waals surface area contributed by atoms with Crippen molar-refractivity contribution in [3.63, 3.8) is 0 Å². The fourth-order valence-corrected chi connectivity index (χ4v) is 8.48. The van der Waals surface area contributed by atoms with Gasteiger partial charge in [0.25, 0.3) is 0 Å². The summed E-state index contributed by atoms with van der Waals surface area (Å²) in [5.41, 5.74) is 0.218. The third kappa shape index (κ3) is 2.87. The molecular weight excluding hydrogens is 376 g/mol. The van der Waals surface area contributed by atoms with Crippen LogP contribution in [0.1, 0.15) is 71.6 Å². The molecule has 0 aromatic heterocycles. The molecule has 5 nitrogen and oxygen atoms in total. The highest BCUT2D eigenvalue weighted by atomic mass is 16.6. The van der Waals surface area contributed by atoms with Crippen molar-refractivity contribution in [2.24, 2.45) is 23.2 Å². The van der Waals surface area contributed by atoms with Gasteiger partial charge in [-0.15, -0.1) is 0 Å². The molecule has 3 aliphatic carbocycles. The van der Waals surface area contributed by atoms with Crippen molar-refractivity contribution in [1.82, 2.24) is 9.80 Å². The summed E-state index contributed by atoms with van der Waals surface area (Å²) >= 11 is 0. The number of carbonyl (C=O) groups is 1. The van der Waals surface area contributed by atoms with E-state index in [-0.39, 0.29) is 41.0 Å². The van der Waals surface area contributed by atoms with Gasteiger partial charge in [-0.3, -0.25) is 14.6 Å². The van der Waals surface area contributed by atoms with Crippen LogP contribution in [0.5, 0.6) is 0 Å². The average Bonchev–Trinajstić information content (AvgIpc) is 3.44. The normalized spacial score (nSPS) is 49.8. The van der Waals surface area contributed by atoms with Crippen LogP contribution >= 0.6 is 0 Å². The predicted octanol–water partition coefficient (Wildman–Crippen LogP) is 3.46. The number of esters is 1. The second kappa shape index (κ2) is 7.18. The van der Waals surface area contributed by atoms with Gasteiger partial charge in [0.05, 0.1) is 12.0 Å². The van der Waals surface area contributed by atoms with Gasteiger partial charge in [0.1, 0.15) is 11.7 Å². The molecule has 0 bridgehead atoms. The lowest BCUT2D eigenvalue weighted by atomic mass is 9.53. The van der Waals surface area contributed by atoms with Gasteiger partial charge in [-0.05, 0) is 38.0 Å². The van der Waals surface area contributed by atoms with E-state index in [1.165, 1.54) is 64.5 Å². The number of piperazine rings is 1. The second-order valence-electron chi connectivity index (χ2n) is 11.7. The zero-order valence-electron chi connectivity index (χ0n) is 19.0. The minimum atomic E-state index is 0.0132. The van der Waals surface area contributed by atoms with Gasteiger partial charge >= 0.3 is 5.97 Å². The minimum absolute atomic E-state index is 0.0132. The van der Waals surface area contributed by atoms with Crippen molar-refractivity contribution in [3.8, 4) is 0 Å². The summed E-state index contributed by atoms with van der Waals surface area (Å²) in [4.78, 5) is 18.2. The van der Waals surface area contributed by atoms with Crippen LogP contribution in [0.25, 0.3) is 0 Å². The van der Waals surface area contributed by atoms with E-state index in [1.54, 1.807) is 0 Å². The van der Waals surface area contributed by atoms with E-state index in [2.05, 4.69) is 23.6 Å². The summed E-state index contributed by atoms with van der Waals surface area (Å²) in [5, 5.41) is 0. The smallest absolute Gasteiger partial charge is 0.311 e. The van der Waals surface area contributed by atoms with Gasteiger partial charge in [-0.25, -0.2) is 0 Å². The highest BCUT2D eigenvalue weighted by Gasteiger charge is 2.78. The molecule has 30 heavy (non-hydrogen) atoms. The van der Waals surface area contributed by atoms with Crippen LogP contribution in [0.3, 0.4) is 0 Å². The maximum Gasteiger partial charge on any atom is 0.311 e. The zero-order valence-corrected chi connectivity index (χ0v) is 19.0. The first-order chi connectivity index (χ1) is 14.5. The Bertz CT molecular complexity index is 686. The Hall–Kier alpha value is -0.650. The van der Waals surface area contributed by atoms with E-state index in [0.717, 1.165) is 32.1 Å². The fourth-order valence-electron chi connectivity index (χ4n) is 8.48.